The van der Waals surface area contributed by atoms with Crippen molar-refractivity contribution in [3.8, 4) is 0 Å². The lowest BCUT2D eigenvalue weighted by Gasteiger charge is -2.34. The summed E-state index contributed by atoms with van der Waals surface area (Å²) in [6.45, 7) is 5.21. The van der Waals surface area contributed by atoms with E-state index in [1.54, 1.807) is 12.1 Å². The van der Waals surface area contributed by atoms with E-state index in [2.05, 4.69) is 5.32 Å². The van der Waals surface area contributed by atoms with Gasteiger partial charge in [0.15, 0.2) is 0 Å². The quantitative estimate of drug-likeness (QED) is 0.647. The Balaban J connectivity index is 2.17. The third-order valence-corrected chi connectivity index (χ3v) is 6.50. The minimum atomic E-state index is -3.69. The maximum absolute atomic E-state index is 12.9. The Morgan fingerprint density at radius 2 is 1.78 bits per heavy atom. The molecule has 0 unspecified atom stereocenters. The maximum atomic E-state index is 12.9. The van der Waals surface area contributed by atoms with Crippen molar-refractivity contribution < 1.29 is 22.7 Å². The van der Waals surface area contributed by atoms with Gasteiger partial charge in [0.2, 0.25) is 10.0 Å². The van der Waals surface area contributed by atoms with E-state index >= 15 is 0 Å². The zero-order valence-corrected chi connectivity index (χ0v) is 17.0. The SMILES string of the molecule is COCCN(CCOC)S(=O)(=O)c1ccc(C(=O)N2CCNC[C@H]2C)cc1. The summed E-state index contributed by atoms with van der Waals surface area (Å²) >= 11 is 0. The molecule has 1 amide bonds. The first-order valence-corrected chi connectivity index (χ1v) is 10.5. The largest absolute Gasteiger partial charge is 0.383 e. The van der Waals surface area contributed by atoms with E-state index in [0.717, 1.165) is 13.1 Å². The number of ether oxygens (including phenoxy) is 2. The van der Waals surface area contributed by atoms with Crippen LogP contribution in [0.15, 0.2) is 29.2 Å². The fraction of sp³-hybridized carbons (Fsp3) is 0.611. The molecule has 2 rings (SSSR count). The average molecular weight is 400 g/mol. The summed E-state index contributed by atoms with van der Waals surface area (Å²) in [5, 5.41) is 3.25. The van der Waals surface area contributed by atoms with Crippen LogP contribution in [0.2, 0.25) is 0 Å². The van der Waals surface area contributed by atoms with Crippen molar-refractivity contribution in [3.05, 3.63) is 29.8 Å². The van der Waals surface area contributed by atoms with Crippen LogP contribution in [0.1, 0.15) is 17.3 Å². The monoisotopic (exact) mass is 399 g/mol. The number of nitrogens with one attached hydrogen (secondary N) is 1. The van der Waals surface area contributed by atoms with Crippen molar-refractivity contribution in [2.75, 3.05) is 60.2 Å². The molecule has 1 aromatic carbocycles. The van der Waals surface area contributed by atoms with Gasteiger partial charge in [-0.2, -0.15) is 4.31 Å². The molecule has 8 nitrogen and oxygen atoms in total. The van der Waals surface area contributed by atoms with Crippen LogP contribution in [0.3, 0.4) is 0 Å². The number of nitrogens with zero attached hydrogens (tertiary/aromatic N) is 2. The molecule has 0 saturated carbocycles. The minimum Gasteiger partial charge on any atom is -0.383 e. The van der Waals surface area contributed by atoms with E-state index in [4.69, 9.17) is 9.47 Å². The lowest BCUT2D eigenvalue weighted by atomic mass is 10.1. The molecular weight excluding hydrogens is 370 g/mol. The lowest BCUT2D eigenvalue weighted by molar-refractivity contribution is 0.0655. The van der Waals surface area contributed by atoms with Crippen molar-refractivity contribution in [3.63, 3.8) is 0 Å². The Hall–Kier alpha value is -1.52. The molecule has 0 bridgehead atoms. The molecule has 1 heterocycles. The van der Waals surface area contributed by atoms with Crippen molar-refractivity contribution in [2.24, 2.45) is 0 Å². The number of carbonyl (C=O) groups excluding carboxylic acids is 1. The van der Waals surface area contributed by atoms with Crippen molar-refractivity contribution in [2.45, 2.75) is 17.9 Å². The van der Waals surface area contributed by atoms with Crippen LogP contribution in [-0.4, -0.2) is 89.7 Å². The van der Waals surface area contributed by atoms with Crippen LogP contribution in [0.4, 0.5) is 0 Å². The molecule has 152 valence electrons. The van der Waals surface area contributed by atoms with E-state index in [-0.39, 0.29) is 29.9 Å². The van der Waals surface area contributed by atoms with Crippen molar-refractivity contribution >= 4 is 15.9 Å². The molecule has 1 aliphatic heterocycles. The third-order valence-electron chi connectivity index (χ3n) is 4.59. The zero-order chi connectivity index (χ0) is 19.9. The number of rotatable bonds is 9. The van der Waals surface area contributed by atoms with E-state index in [1.165, 1.54) is 30.7 Å². The predicted molar refractivity (Wildman–Crippen MR) is 102 cm³/mol. The molecule has 1 N–H and O–H groups in total. The first-order chi connectivity index (χ1) is 12.9. The van der Waals surface area contributed by atoms with Gasteiger partial charge in [-0.15, -0.1) is 0 Å². The van der Waals surface area contributed by atoms with Gasteiger partial charge in [0.25, 0.3) is 5.91 Å². The summed E-state index contributed by atoms with van der Waals surface area (Å²) in [5.41, 5.74) is 0.489. The second-order valence-corrected chi connectivity index (χ2v) is 8.40. The molecule has 9 heteroatoms. The molecule has 1 atom stereocenters. The molecular formula is C18H29N3O5S. The summed E-state index contributed by atoms with van der Waals surface area (Å²) in [5.74, 6) is -0.0800. The van der Waals surface area contributed by atoms with Gasteiger partial charge in [0.1, 0.15) is 0 Å². The first kappa shape index (κ1) is 21.8. The first-order valence-electron chi connectivity index (χ1n) is 9.01. The van der Waals surface area contributed by atoms with Crippen LogP contribution < -0.4 is 5.32 Å². The van der Waals surface area contributed by atoms with Gasteiger partial charge < -0.3 is 19.7 Å². The van der Waals surface area contributed by atoms with E-state index in [0.29, 0.717) is 25.3 Å². The highest BCUT2D eigenvalue weighted by atomic mass is 32.2. The van der Waals surface area contributed by atoms with Gasteiger partial charge in [-0.1, -0.05) is 0 Å². The summed E-state index contributed by atoms with van der Waals surface area (Å²) in [6, 6.07) is 6.24. The number of methoxy groups -OCH3 is 2. The van der Waals surface area contributed by atoms with E-state index < -0.39 is 10.0 Å². The number of piperazine rings is 1. The zero-order valence-electron chi connectivity index (χ0n) is 16.2. The highest BCUT2D eigenvalue weighted by molar-refractivity contribution is 7.89. The Kier molecular flexibility index (Phi) is 8.18. The third kappa shape index (κ3) is 5.49. The molecule has 1 fully saturated rings. The number of amides is 1. The van der Waals surface area contributed by atoms with Gasteiger partial charge >= 0.3 is 0 Å². The van der Waals surface area contributed by atoms with Crippen LogP contribution in [0.25, 0.3) is 0 Å². The fourth-order valence-corrected chi connectivity index (χ4v) is 4.37. The fourth-order valence-electron chi connectivity index (χ4n) is 2.97. The summed E-state index contributed by atoms with van der Waals surface area (Å²) in [6.07, 6.45) is 0. The Morgan fingerprint density at radius 3 is 2.30 bits per heavy atom. The van der Waals surface area contributed by atoms with E-state index in [9.17, 15) is 13.2 Å². The van der Waals surface area contributed by atoms with Gasteiger partial charge in [-0.05, 0) is 31.2 Å². The Morgan fingerprint density at radius 1 is 1.19 bits per heavy atom. The van der Waals surface area contributed by atoms with E-state index in [1.807, 2.05) is 11.8 Å². The highest BCUT2D eigenvalue weighted by Gasteiger charge is 2.26. The van der Waals surface area contributed by atoms with Crippen LogP contribution in [-0.2, 0) is 19.5 Å². The minimum absolute atomic E-state index is 0.0800. The number of carbonyl (C=O) groups is 1. The van der Waals surface area contributed by atoms with Crippen molar-refractivity contribution in [1.29, 1.82) is 0 Å². The number of hydrogen-bond donors (Lipinski definition) is 1. The molecule has 0 radical (unpaired) electrons. The lowest BCUT2D eigenvalue weighted by Crippen LogP contribution is -2.52. The summed E-state index contributed by atoms with van der Waals surface area (Å²) in [4.78, 5) is 14.7. The summed E-state index contributed by atoms with van der Waals surface area (Å²) in [7, 11) is -0.632. The van der Waals surface area contributed by atoms with Gasteiger partial charge in [0.05, 0.1) is 18.1 Å². The smallest absolute Gasteiger partial charge is 0.254 e. The number of hydrogen-bond acceptors (Lipinski definition) is 6. The van der Waals surface area contributed by atoms with Crippen LogP contribution in [0.5, 0.6) is 0 Å². The topological polar surface area (TPSA) is 88.2 Å². The second-order valence-electron chi connectivity index (χ2n) is 6.47. The average Bonchev–Trinajstić information content (AvgIpc) is 2.68. The Bertz CT molecular complexity index is 700. The van der Waals surface area contributed by atoms with Gasteiger partial charge in [-0.3, -0.25) is 4.79 Å². The number of benzene rings is 1. The van der Waals surface area contributed by atoms with Crippen molar-refractivity contribution in [1.82, 2.24) is 14.5 Å². The molecule has 1 aromatic rings. The maximum Gasteiger partial charge on any atom is 0.254 e. The highest BCUT2D eigenvalue weighted by Crippen LogP contribution is 2.18. The van der Waals surface area contributed by atoms with Crippen LogP contribution in [0, 0.1) is 0 Å². The molecule has 27 heavy (non-hydrogen) atoms. The molecule has 1 saturated heterocycles. The van der Waals surface area contributed by atoms with Gasteiger partial charge in [-0.25, -0.2) is 8.42 Å². The summed E-state index contributed by atoms with van der Waals surface area (Å²) < 4.78 is 37.1. The molecule has 0 aliphatic carbocycles. The van der Waals surface area contributed by atoms with Gasteiger partial charge in [0, 0.05) is 58.5 Å². The molecule has 1 aliphatic rings. The number of sulfonamides is 1. The molecule has 0 spiro atoms. The standard InChI is InChI=1S/C18H29N3O5S/c1-15-14-19-8-9-21(15)18(22)16-4-6-17(7-5-16)27(23,24)20(10-12-25-2)11-13-26-3/h4-7,15,19H,8-14H2,1-3H3/t15-/m1/s1. The predicted octanol–water partition coefficient (Wildman–Crippen LogP) is 0.404. The molecule has 0 aromatic heterocycles. The Labute approximate surface area is 161 Å². The second kappa shape index (κ2) is 10.1. The van der Waals surface area contributed by atoms with Crippen LogP contribution >= 0.6 is 0 Å². The normalized spacial score (nSPS) is 18.1.